The number of methoxy groups -OCH3 is 1. The fourth-order valence-corrected chi connectivity index (χ4v) is 1.57. The second-order valence-corrected chi connectivity index (χ2v) is 4.01. The Labute approximate surface area is 114 Å². The highest BCUT2D eigenvalue weighted by Gasteiger charge is 2.06. The van der Waals surface area contributed by atoms with Crippen LogP contribution in [0.1, 0.15) is 16.1 Å². The first-order chi connectivity index (χ1) is 9.60. The van der Waals surface area contributed by atoms with Gasteiger partial charge in [0.1, 0.15) is 0 Å². The molecule has 2 aromatic rings. The highest BCUT2D eigenvalue weighted by Crippen LogP contribution is 2.14. The summed E-state index contributed by atoms with van der Waals surface area (Å²) in [5.41, 5.74) is 1.45. The summed E-state index contributed by atoms with van der Waals surface area (Å²) in [4.78, 5) is 15.3. The first-order valence-electron chi connectivity index (χ1n) is 5.82. The summed E-state index contributed by atoms with van der Waals surface area (Å²) in [6.07, 6.45) is 1.40. The van der Waals surface area contributed by atoms with E-state index in [9.17, 15) is 13.6 Å². The van der Waals surface area contributed by atoms with Crippen molar-refractivity contribution >= 4 is 11.7 Å². The number of aromatic nitrogens is 1. The van der Waals surface area contributed by atoms with E-state index in [0.29, 0.717) is 23.5 Å². The van der Waals surface area contributed by atoms with Gasteiger partial charge in [-0.15, -0.1) is 0 Å². The fraction of sp³-hybridized carbons (Fsp3) is 0.143. The fourth-order valence-electron chi connectivity index (χ4n) is 1.57. The van der Waals surface area contributed by atoms with E-state index in [-0.39, 0.29) is 0 Å². The molecule has 0 saturated carbocycles. The number of nitrogens with one attached hydrogen (secondary N) is 1. The molecule has 0 bridgehead atoms. The van der Waals surface area contributed by atoms with Gasteiger partial charge in [-0.3, -0.25) is 4.98 Å². The van der Waals surface area contributed by atoms with Gasteiger partial charge in [0, 0.05) is 18.0 Å². The predicted molar refractivity (Wildman–Crippen MR) is 69.3 cm³/mol. The van der Waals surface area contributed by atoms with Crippen LogP contribution in [0.4, 0.5) is 14.5 Å². The van der Waals surface area contributed by atoms with Gasteiger partial charge in [-0.25, -0.2) is 13.6 Å². The van der Waals surface area contributed by atoms with Crippen LogP contribution in [0.3, 0.4) is 0 Å². The van der Waals surface area contributed by atoms with Crippen LogP contribution >= 0.6 is 0 Å². The van der Waals surface area contributed by atoms with E-state index in [1.54, 1.807) is 12.1 Å². The third-order valence-electron chi connectivity index (χ3n) is 2.64. The molecule has 0 atom stereocenters. The minimum atomic E-state index is -0.913. The number of benzene rings is 1. The Hall–Kier alpha value is -2.50. The summed E-state index contributed by atoms with van der Waals surface area (Å²) < 4.78 is 30.3. The van der Waals surface area contributed by atoms with Gasteiger partial charge in [-0.2, -0.15) is 0 Å². The number of rotatable bonds is 4. The van der Waals surface area contributed by atoms with Crippen LogP contribution in [0.5, 0.6) is 0 Å². The quantitative estimate of drug-likeness (QED) is 0.874. The number of ether oxygens (including phenoxy) is 1. The van der Waals surface area contributed by atoms with Crippen molar-refractivity contribution in [1.82, 2.24) is 4.98 Å². The van der Waals surface area contributed by atoms with Crippen LogP contribution < -0.4 is 5.32 Å². The third kappa shape index (κ3) is 3.28. The molecule has 0 amide bonds. The normalized spacial score (nSPS) is 10.2. The lowest BCUT2D eigenvalue weighted by Crippen LogP contribution is -2.05. The highest BCUT2D eigenvalue weighted by atomic mass is 19.2. The topological polar surface area (TPSA) is 51.2 Å². The van der Waals surface area contributed by atoms with Crippen molar-refractivity contribution in [2.24, 2.45) is 0 Å². The molecule has 4 nitrogen and oxygen atoms in total. The van der Waals surface area contributed by atoms with Crippen molar-refractivity contribution in [3.63, 3.8) is 0 Å². The number of pyridine rings is 1. The lowest BCUT2D eigenvalue weighted by atomic mass is 10.2. The first-order valence-corrected chi connectivity index (χ1v) is 5.82. The molecule has 0 spiro atoms. The Morgan fingerprint density at radius 2 is 2.05 bits per heavy atom. The molecule has 0 aliphatic heterocycles. The SMILES string of the molecule is COC(=O)c1ccc(CNc2ccc(F)c(F)c2)nc1. The summed E-state index contributed by atoms with van der Waals surface area (Å²) in [5.74, 6) is -2.27. The van der Waals surface area contributed by atoms with E-state index >= 15 is 0 Å². The molecular formula is C14H12F2N2O2. The highest BCUT2D eigenvalue weighted by molar-refractivity contribution is 5.88. The number of halogens is 2. The van der Waals surface area contributed by atoms with Gasteiger partial charge < -0.3 is 10.1 Å². The standard InChI is InChI=1S/C14H12F2N2O2/c1-20-14(19)9-2-3-11(17-7-9)8-18-10-4-5-12(15)13(16)6-10/h2-7,18H,8H2,1H3. The number of carbonyl (C=O) groups is 1. The maximum atomic E-state index is 13.0. The maximum Gasteiger partial charge on any atom is 0.339 e. The molecule has 1 aromatic carbocycles. The Bertz CT molecular complexity index is 615. The number of esters is 1. The van der Waals surface area contributed by atoms with E-state index in [0.717, 1.165) is 12.1 Å². The molecule has 2 rings (SSSR count). The van der Waals surface area contributed by atoms with Crippen LogP contribution in [-0.4, -0.2) is 18.1 Å². The van der Waals surface area contributed by atoms with Crippen molar-refractivity contribution in [1.29, 1.82) is 0 Å². The molecule has 0 saturated heterocycles. The average Bonchev–Trinajstić information content (AvgIpc) is 2.48. The number of hydrogen-bond acceptors (Lipinski definition) is 4. The van der Waals surface area contributed by atoms with Crippen molar-refractivity contribution in [2.45, 2.75) is 6.54 Å². The smallest absolute Gasteiger partial charge is 0.339 e. The van der Waals surface area contributed by atoms with E-state index < -0.39 is 17.6 Å². The summed E-state index contributed by atoms with van der Waals surface area (Å²) in [7, 11) is 1.29. The Morgan fingerprint density at radius 1 is 1.25 bits per heavy atom. The molecule has 1 N–H and O–H groups in total. The van der Waals surface area contributed by atoms with Crippen LogP contribution in [-0.2, 0) is 11.3 Å². The van der Waals surface area contributed by atoms with Gasteiger partial charge in [0.15, 0.2) is 11.6 Å². The van der Waals surface area contributed by atoms with Crippen molar-refractivity contribution in [3.8, 4) is 0 Å². The summed E-state index contributed by atoms with van der Waals surface area (Å²) >= 11 is 0. The lowest BCUT2D eigenvalue weighted by Gasteiger charge is -2.07. The molecule has 0 aliphatic rings. The van der Waals surface area contributed by atoms with Crippen LogP contribution in [0.2, 0.25) is 0 Å². The molecule has 6 heteroatoms. The number of hydrogen-bond donors (Lipinski definition) is 1. The monoisotopic (exact) mass is 278 g/mol. The predicted octanol–water partition coefficient (Wildman–Crippen LogP) is 2.76. The Balaban J connectivity index is 2.00. The Morgan fingerprint density at radius 3 is 2.65 bits per heavy atom. The number of carbonyl (C=O) groups excluding carboxylic acids is 1. The first kappa shape index (κ1) is 13.9. The number of anilines is 1. The summed E-state index contributed by atoms with van der Waals surface area (Å²) in [5, 5.41) is 2.91. The largest absolute Gasteiger partial charge is 0.465 e. The molecular weight excluding hydrogens is 266 g/mol. The van der Waals surface area contributed by atoms with Crippen LogP contribution in [0.15, 0.2) is 36.5 Å². The van der Waals surface area contributed by atoms with E-state index in [1.807, 2.05) is 0 Å². The van der Waals surface area contributed by atoms with Crippen LogP contribution in [0, 0.1) is 11.6 Å². The molecule has 1 heterocycles. The van der Waals surface area contributed by atoms with Gasteiger partial charge in [0.2, 0.25) is 0 Å². The average molecular weight is 278 g/mol. The molecule has 20 heavy (non-hydrogen) atoms. The minimum absolute atomic E-state index is 0.326. The maximum absolute atomic E-state index is 13.0. The molecule has 0 radical (unpaired) electrons. The second kappa shape index (κ2) is 6.10. The second-order valence-electron chi connectivity index (χ2n) is 4.01. The van der Waals surface area contributed by atoms with E-state index in [4.69, 9.17) is 0 Å². The van der Waals surface area contributed by atoms with Crippen molar-refractivity contribution in [2.75, 3.05) is 12.4 Å². The zero-order valence-corrected chi connectivity index (χ0v) is 10.7. The zero-order valence-electron chi connectivity index (χ0n) is 10.7. The molecule has 1 aromatic heterocycles. The third-order valence-corrected chi connectivity index (χ3v) is 2.64. The number of nitrogens with zero attached hydrogens (tertiary/aromatic N) is 1. The molecule has 104 valence electrons. The van der Waals surface area contributed by atoms with Gasteiger partial charge in [-0.1, -0.05) is 0 Å². The summed E-state index contributed by atoms with van der Waals surface area (Å²) in [6.45, 7) is 0.326. The molecule has 0 fully saturated rings. The van der Waals surface area contributed by atoms with Gasteiger partial charge >= 0.3 is 5.97 Å². The molecule has 0 unspecified atom stereocenters. The van der Waals surface area contributed by atoms with Gasteiger partial charge in [0.25, 0.3) is 0 Å². The molecule has 0 aliphatic carbocycles. The Kier molecular flexibility index (Phi) is 4.24. The lowest BCUT2D eigenvalue weighted by molar-refractivity contribution is 0.0600. The van der Waals surface area contributed by atoms with E-state index in [1.165, 1.54) is 19.4 Å². The van der Waals surface area contributed by atoms with Crippen molar-refractivity contribution in [3.05, 3.63) is 59.4 Å². The van der Waals surface area contributed by atoms with Crippen molar-refractivity contribution < 1.29 is 18.3 Å². The summed E-state index contributed by atoms with van der Waals surface area (Å²) in [6, 6.07) is 6.78. The minimum Gasteiger partial charge on any atom is -0.465 e. The van der Waals surface area contributed by atoms with Gasteiger partial charge in [-0.05, 0) is 24.3 Å². The van der Waals surface area contributed by atoms with E-state index in [2.05, 4.69) is 15.0 Å². The van der Waals surface area contributed by atoms with Gasteiger partial charge in [0.05, 0.1) is 24.9 Å². The van der Waals surface area contributed by atoms with Crippen LogP contribution in [0.25, 0.3) is 0 Å². The zero-order chi connectivity index (χ0) is 14.5.